The van der Waals surface area contributed by atoms with E-state index in [1.165, 1.54) is 24.3 Å². The fraction of sp³-hybridized carbons (Fsp3) is 0.400. The Bertz CT molecular complexity index is 1640. The van der Waals surface area contributed by atoms with E-state index in [0.717, 1.165) is 32.1 Å². The van der Waals surface area contributed by atoms with Crippen molar-refractivity contribution in [1.29, 1.82) is 0 Å². The van der Waals surface area contributed by atoms with Crippen LogP contribution in [-0.4, -0.2) is 64.4 Å². The summed E-state index contributed by atoms with van der Waals surface area (Å²) >= 11 is 12.6. The van der Waals surface area contributed by atoms with Crippen molar-refractivity contribution in [2.24, 2.45) is 0 Å². The fourth-order valence-electron chi connectivity index (χ4n) is 5.42. The molecule has 1 amide bonds. The molecule has 228 valence electrons. The van der Waals surface area contributed by atoms with Gasteiger partial charge in [0.15, 0.2) is 11.5 Å². The van der Waals surface area contributed by atoms with Gasteiger partial charge >= 0.3 is 6.01 Å². The summed E-state index contributed by atoms with van der Waals surface area (Å²) in [6.45, 7) is 1.17. The average molecular weight is 634 g/mol. The molecule has 9 nitrogen and oxygen atoms in total. The van der Waals surface area contributed by atoms with Crippen molar-refractivity contribution in [1.82, 2.24) is 25.1 Å². The molecule has 4 aromatic rings. The van der Waals surface area contributed by atoms with E-state index in [1.54, 1.807) is 10.6 Å². The van der Waals surface area contributed by atoms with Crippen LogP contribution in [0, 0.1) is 11.6 Å². The van der Waals surface area contributed by atoms with Gasteiger partial charge in [-0.05, 0) is 42.7 Å². The number of hydrogen-bond acceptors (Lipinski definition) is 6. The quantitative estimate of drug-likeness (QED) is 0.213. The maximum Gasteiger partial charge on any atom is 0.313 e. The van der Waals surface area contributed by atoms with Gasteiger partial charge in [0.25, 0.3) is 5.89 Å². The van der Waals surface area contributed by atoms with Gasteiger partial charge in [-0.3, -0.25) is 9.36 Å². The molecular formula is C30H34Cl2F2N7O2+. The van der Waals surface area contributed by atoms with Crippen LogP contribution in [0.3, 0.4) is 0 Å². The van der Waals surface area contributed by atoms with Gasteiger partial charge in [0.05, 0.1) is 62.1 Å². The van der Waals surface area contributed by atoms with Crippen LogP contribution >= 0.6 is 23.2 Å². The number of benzene rings is 2. The molecular weight excluding hydrogens is 599 g/mol. The van der Waals surface area contributed by atoms with Gasteiger partial charge < -0.3 is 20.0 Å². The number of quaternary nitrogens is 1. The maximum absolute atomic E-state index is 16.3. The van der Waals surface area contributed by atoms with E-state index < -0.39 is 11.6 Å². The van der Waals surface area contributed by atoms with E-state index in [-0.39, 0.29) is 51.6 Å². The number of nitrogens with zero attached hydrogens (tertiary/aromatic N) is 5. The molecule has 0 unspecified atom stereocenters. The van der Waals surface area contributed by atoms with Gasteiger partial charge in [-0.2, -0.15) is 0 Å². The number of carbonyl (C=O) groups is 1. The molecule has 1 aliphatic carbocycles. The minimum Gasteiger partial charge on any atom is -0.402 e. The third-order valence-electron chi connectivity index (χ3n) is 7.54. The van der Waals surface area contributed by atoms with Gasteiger partial charge in [-0.15, -0.1) is 5.10 Å². The van der Waals surface area contributed by atoms with Crippen LogP contribution in [0.2, 0.25) is 10.0 Å². The van der Waals surface area contributed by atoms with Crippen molar-refractivity contribution in [3.8, 4) is 28.5 Å². The Morgan fingerprint density at radius 1 is 1.09 bits per heavy atom. The summed E-state index contributed by atoms with van der Waals surface area (Å²) in [5, 5.41) is 10.5. The number of carbonyl (C=O) groups excluding carboxylic acids is 1. The molecule has 2 aromatic carbocycles. The van der Waals surface area contributed by atoms with Gasteiger partial charge in [0.1, 0.15) is 11.6 Å². The van der Waals surface area contributed by atoms with Gasteiger partial charge in [-0.25, -0.2) is 13.8 Å². The first-order valence-corrected chi connectivity index (χ1v) is 14.9. The lowest BCUT2D eigenvalue weighted by Gasteiger charge is -2.25. The van der Waals surface area contributed by atoms with E-state index >= 15 is 4.39 Å². The van der Waals surface area contributed by atoms with Crippen molar-refractivity contribution in [2.45, 2.75) is 44.4 Å². The summed E-state index contributed by atoms with van der Waals surface area (Å²) < 4.78 is 38.6. The van der Waals surface area contributed by atoms with Gasteiger partial charge in [0, 0.05) is 11.5 Å². The molecule has 13 heteroatoms. The number of amides is 1. The van der Waals surface area contributed by atoms with E-state index in [4.69, 9.17) is 38.3 Å². The van der Waals surface area contributed by atoms with Crippen molar-refractivity contribution in [3.63, 3.8) is 0 Å². The number of imidazole rings is 1. The van der Waals surface area contributed by atoms with Crippen LogP contribution in [0.4, 0.5) is 14.8 Å². The Morgan fingerprint density at radius 2 is 1.84 bits per heavy atom. The predicted octanol–water partition coefficient (Wildman–Crippen LogP) is 6.17. The number of rotatable bonds is 9. The third kappa shape index (κ3) is 6.84. The molecule has 2 aromatic heterocycles. The lowest BCUT2D eigenvalue weighted by Crippen LogP contribution is -2.42. The summed E-state index contributed by atoms with van der Waals surface area (Å²) in [5.74, 6) is -1.12. The Hall–Kier alpha value is -3.54. The average Bonchev–Trinajstić information content (AvgIpc) is 3.56. The van der Waals surface area contributed by atoms with Crippen molar-refractivity contribution in [2.75, 3.05) is 40.0 Å². The summed E-state index contributed by atoms with van der Waals surface area (Å²) in [7, 11) is 6.09. The Kier molecular flexibility index (Phi) is 9.05. The minimum atomic E-state index is -0.723. The van der Waals surface area contributed by atoms with Gasteiger partial charge in [-0.1, -0.05) is 53.6 Å². The lowest BCUT2D eigenvalue weighted by molar-refractivity contribution is -0.869. The van der Waals surface area contributed by atoms with Crippen LogP contribution < -0.4 is 11.1 Å². The topological polar surface area (TPSA) is 112 Å². The fourth-order valence-corrected chi connectivity index (χ4v) is 5.75. The predicted molar refractivity (Wildman–Crippen MR) is 162 cm³/mol. The smallest absolute Gasteiger partial charge is 0.313 e. The Balaban J connectivity index is 1.75. The third-order valence-corrected chi connectivity index (χ3v) is 8.12. The molecule has 43 heavy (non-hydrogen) atoms. The highest BCUT2D eigenvalue weighted by Gasteiger charge is 2.32. The Morgan fingerprint density at radius 3 is 2.49 bits per heavy atom. The van der Waals surface area contributed by atoms with Crippen LogP contribution in [0.25, 0.3) is 28.5 Å². The number of halogens is 4. The number of hydrogen-bond donors (Lipinski definition) is 2. The molecule has 1 saturated carbocycles. The molecule has 0 spiro atoms. The van der Waals surface area contributed by atoms with Crippen molar-refractivity contribution < 1.29 is 22.5 Å². The zero-order valence-electron chi connectivity index (χ0n) is 24.3. The highest BCUT2D eigenvalue weighted by Crippen LogP contribution is 2.43. The molecule has 0 bridgehead atoms. The summed E-state index contributed by atoms with van der Waals surface area (Å²) in [5.41, 5.74) is 7.21. The zero-order valence-corrected chi connectivity index (χ0v) is 25.8. The van der Waals surface area contributed by atoms with Crippen molar-refractivity contribution in [3.05, 3.63) is 63.4 Å². The van der Waals surface area contributed by atoms with Crippen LogP contribution in [-0.2, 0) is 11.2 Å². The first kappa shape index (κ1) is 30.9. The lowest BCUT2D eigenvalue weighted by atomic mass is 9.88. The second-order valence-electron chi connectivity index (χ2n) is 11.8. The molecule has 0 aliphatic heterocycles. The number of anilines is 1. The summed E-state index contributed by atoms with van der Waals surface area (Å²) in [4.78, 5) is 18.1. The second kappa shape index (κ2) is 12.6. The summed E-state index contributed by atoms with van der Waals surface area (Å²) in [6, 6.07) is 7.06. The number of likely N-dealkylation sites (N-methyl/N-ethyl adjacent to an activating group) is 1. The summed E-state index contributed by atoms with van der Waals surface area (Å²) in [6.07, 6.45) is 4.53. The largest absolute Gasteiger partial charge is 0.402 e. The van der Waals surface area contributed by atoms with E-state index in [9.17, 15) is 9.18 Å². The van der Waals surface area contributed by atoms with Crippen LogP contribution in [0.1, 0.15) is 49.4 Å². The molecule has 1 aliphatic rings. The molecule has 1 fully saturated rings. The Labute approximate surface area is 258 Å². The molecule has 2 heterocycles. The first-order chi connectivity index (χ1) is 20.4. The number of aromatic nitrogens is 4. The number of nitrogens with one attached hydrogen (secondary N) is 1. The zero-order chi connectivity index (χ0) is 30.9. The maximum atomic E-state index is 16.3. The first-order valence-electron chi connectivity index (χ1n) is 14.1. The van der Waals surface area contributed by atoms with Crippen LogP contribution in [0.15, 0.2) is 34.7 Å². The van der Waals surface area contributed by atoms with E-state index in [1.807, 2.05) is 21.1 Å². The van der Waals surface area contributed by atoms with Gasteiger partial charge in [0.2, 0.25) is 5.91 Å². The van der Waals surface area contributed by atoms with E-state index in [0.29, 0.717) is 40.2 Å². The molecule has 0 radical (unpaired) electrons. The molecule has 5 rings (SSSR count). The highest BCUT2D eigenvalue weighted by atomic mass is 35.5. The SMILES string of the molecule is C[N+](C)(C)CCNC(=O)Cc1ccc(Cl)c(F)c1-n1c(C2CCCCC2)nc(-c2nnc(N)o2)c1-c1ccc(F)c(Cl)c1. The second-order valence-corrected chi connectivity index (χ2v) is 12.6. The van der Waals surface area contributed by atoms with Crippen LogP contribution in [0.5, 0.6) is 0 Å². The normalized spacial score (nSPS) is 14.3. The standard InChI is InChI=1S/C30H33Cl2F2N7O2/c1-41(2,3)14-13-36-23(42)16-19-9-11-20(31)24(34)26(19)40-27(18-10-12-22(33)21(32)15-18)25(29-38-39-30(35)43-29)37-28(40)17-7-5-4-6-8-17/h9-12,15,17H,4-8,13-14,16H2,1-3H3,(H2-,35,36,39,42)/p+1. The highest BCUT2D eigenvalue weighted by molar-refractivity contribution is 6.31. The number of nitrogen functional groups attached to an aromatic ring is 1. The monoisotopic (exact) mass is 632 g/mol. The molecule has 0 atom stereocenters. The number of nitrogens with two attached hydrogens (primary N) is 1. The van der Waals surface area contributed by atoms with E-state index in [2.05, 4.69) is 15.5 Å². The van der Waals surface area contributed by atoms with Crippen molar-refractivity contribution >= 4 is 35.1 Å². The molecule has 0 saturated heterocycles. The minimum absolute atomic E-state index is 0.00536. The molecule has 3 N–H and O–H groups in total.